The highest BCUT2D eigenvalue weighted by Gasteiger charge is 2.11. The predicted molar refractivity (Wildman–Crippen MR) is 91.4 cm³/mol. The first-order valence-electron chi connectivity index (χ1n) is 7.60. The van der Waals surface area contributed by atoms with Gasteiger partial charge >= 0.3 is 0 Å². The van der Waals surface area contributed by atoms with Crippen LogP contribution in [0.3, 0.4) is 0 Å². The number of hydrogen-bond acceptors (Lipinski definition) is 4. The Morgan fingerprint density at radius 1 is 1.12 bits per heavy atom. The number of nitrogens with one attached hydrogen (secondary N) is 2. The van der Waals surface area contributed by atoms with E-state index in [1.165, 1.54) is 6.07 Å². The number of hydrogen-bond donors (Lipinski definition) is 3. The van der Waals surface area contributed by atoms with E-state index >= 15 is 0 Å². The van der Waals surface area contributed by atoms with E-state index in [-0.39, 0.29) is 23.8 Å². The van der Waals surface area contributed by atoms with Crippen LogP contribution in [0.25, 0.3) is 0 Å². The molecule has 2 aromatic carbocycles. The Hall–Kier alpha value is -3.02. The minimum absolute atomic E-state index is 0.0588. The lowest BCUT2D eigenvalue weighted by molar-refractivity contribution is -0.122. The van der Waals surface area contributed by atoms with Crippen molar-refractivity contribution >= 4 is 17.5 Å². The number of aryl methyl sites for hydroxylation is 1. The zero-order valence-electron chi connectivity index (χ0n) is 13.6. The molecule has 0 saturated heterocycles. The van der Waals surface area contributed by atoms with Crippen molar-refractivity contribution in [3.8, 4) is 11.5 Å². The molecule has 0 saturated carbocycles. The van der Waals surface area contributed by atoms with Crippen LogP contribution in [0.4, 0.5) is 5.69 Å². The molecule has 0 unspecified atom stereocenters. The second-order valence-electron chi connectivity index (χ2n) is 5.24. The van der Waals surface area contributed by atoms with Gasteiger partial charge in [-0.1, -0.05) is 11.6 Å². The van der Waals surface area contributed by atoms with Gasteiger partial charge in [0, 0.05) is 12.2 Å². The van der Waals surface area contributed by atoms with Gasteiger partial charge < -0.3 is 20.5 Å². The quantitative estimate of drug-likeness (QED) is 0.760. The van der Waals surface area contributed by atoms with Gasteiger partial charge in [0.1, 0.15) is 11.5 Å². The zero-order chi connectivity index (χ0) is 17.5. The number of phenols is 1. The molecular weight excluding hydrogens is 308 g/mol. The number of carbonyl (C=O) groups excluding carboxylic acids is 2. The average Bonchev–Trinajstić information content (AvgIpc) is 2.56. The Labute approximate surface area is 140 Å². The van der Waals surface area contributed by atoms with E-state index in [2.05, 4.69) is 10.6 Å². The van der Waals surface area contributed by atoms with Crippen molar-refractivity contribution in [3.63, 3.8) is 0 Å². The molecule has 0 aliphatic rings. The van der Waals surface area contributed by atoms with Gasteiger partial charge in [-0.05, 0) is 50.2 Å². The van der Waals surface area contributed by atoms with Crippen molar-refractivity contribution in [2.24, 2.45) is 0 Å². The normalized spacial score (nSPS) is 10.1. The second kappa shape index (κ2) is 8.01. The maximum absolute atomic E-state index is 12.2. The van der Waals surface area contributed by atoms with Gasteiger partial charge in [0.25, 0.3) is 11.8 Å². The molecule has 6 nitrogen and oxygen atoms in total. The van der Waals surface area contributed by atoms with Crippen molar-refractivity contribution in [2.75, 3.05) is 18.5 Å². The van der Waals surface area contributed by atoms with E-state index in [0.717, 1.165) is 5.56 Å². The van der Waals surface area contributed by atoms with Crippen molar-refractivity contribution < 1.29 is 19.4 Å². The summed E-state index contributed by atoms with van der Waals surface area (Å²) < 4.78 is 5.34. The number of ether oxygens (including phenoxy) is 1. The second-order valence-corrected chi connectivity index (χ2v) is 5.24. The summed E-state index contributed by atoms with van der Waals surface area (Å²) in [6, 6.07) is 11.5. The van der Waals surface area contributed by atoms with Crippen LogP contribution in [-0.2, 0) is 4.79 Å². The van der Waals surface area contributed by atoms with Crippen LogP contribution in [-0.4, -0.2) is 30.1 Å². The van der Waals surface area contributed by atoms with E-state index in [0.29, 0.717) is 18.0 Å². The Morgan fingerprint density at radius 2 is 1.83 bits per heavy atom. The van der Waals surface area contributed by atoms with E-state index in [4.69, 9.17) is 4.74 Å². The van der Waals surface area contributed by atoms with Crippen molar-refractivity contribution in [1.82, 2.24) is 5.32 Å². The van der Waals surface area contributed by atoms with Gasteiger partial charge in [0.2, 0.25) is 0 Å². The molecule has 2 rings (SSSR count). The molecule has 24 heavy (non-hydrogen) atoms. The van der Waals surface area contributed by atoms with Crippen LogP contribution in [0, 0.1) is 6.92 Å². The highest BCUT2D eigenvalue weighted by atomic mass is 16.5. The lowest BCUT2D eigenvalue weighted by Crippen LogP contribution is -2.28. The summed E-state index contributed by atoms with van der Waals surface area (Å²) >= 11 is 0. The van der Waals surface area contributed by atoms with Crippen molar-refractivity contribution in [3.05, 3.63) is 53.6 Å². The van der Waals surface area contributed by atoms with Crippen LogP contribution in [0.5, 0.6) is 11.5 Å². The summed E-state index contributed by atoms with van der Waals surface area (Å²) in [5.41, 5.74) is 1.66. The minimum atomic E-state index is -0.396. The predicted octanol–water partition coefficient (Wildman–Crippen LogP) is 2.47. The third-order valence-electron chi connectivity index (χ3n) is 3.25. The molecule has 3 N–H and O–H groups in total. The first kappa shape index (κ1) is 17.3. The van der Waals surface area contributed by atoms with Gasteiger partial charge in [-0.15, -0.1) is 0 Å². The molecule has 0 heterocycles. The maximum Gasteiger partial charge on any atom is 0.259 e. The fraction of sp³-hybridized carbons (Fsp3) is 0.222. The molecule has 0 bridgehead atoms. The fourth-order valence-electron chi connectivity index (χ4n) is 2.06. The zero-order valence-corrected chi connectivity index (χ0v) is 13.6. The molecule has 0 radical (unpaired) electrons. The van der Waals surface area contributed by atoms with Crippen LogP contribution < -0.4 is 15.4 Å². The smallest absolute Gasteiger partial charge is 0.259 e. The third kappa shape index (κ3) is 4.74. The van der Waals surface area contributed by atoms with Gasteiger partial charge in [0.15, 0.2) is 6.61 Å². The number of anilines is 1. The van der Waals surface area contributed by atoms with Crippen LogP contribution in [0.2, 0.25) is 0 Å². The molecule has 6 heteroatoms. The Kier molecular flexibility index (Phi) is 5.78. The first-order valence-corrected chi connectivity index (χ1v) is 7.60. The van der Waals surface area contributed by atoms with E-state index < -0.39 is 5.91 Å². The van der Waals surface area contributed by atoms with Crippen molar-refractivity contribution in [1.29, 1.82) is 0 Å². The Morgan fingerprint density at radius 3 is 2.50 bits per heavy atom. The molecule has 0 fully saturated rings. The van der Waals surface area contributed by atoms with Crippen LogP contribution in [0.15, 0.2) is 42.5 Å². The monoisotopic (exact) mass is 328 g/mol. The number of phenolic OH excluding ortho intramolecular Hbond substituents is 1. The number of amides is 2. The maximum atomic E-state index is 12.2. The first-order chi connectivity index (χ1) is 11.5. The molecule has 0 spiro atoms. The largest absolute Gasteiger partial charge is 0.507 e. The Balaban J connectivity index is 1.97. The fourth-order valence-corrected chi connectivity index (χ4v) is 2.06. The highest BCUT2D eigenvalue weighted by molar-refractivity contribution is 6.06. The van der Waals surface area contributed by atoms with Gasteiger partial charge in [0.05, 0.1) is 5.56 Å². The van der Waals surface area contributed by atoms with Crippen LogP contribution in [0.1, 0.15) is 22.8 Å². The third-order valence-corrected chi connectivity index (χ3v) is 3.25. The van der Waals surface area contributed by atoms with E-state index in [1.807, 2.05) is 13.8 Å². The molecular formula is C18H20N2O4. The van der Waals surface area contributed by atoms with E-state index in [9.17, 15) is 14.7 Å². The molecule has 0 aromatic heterocycles. The summed E-state index contributed by atoms with van der Waals surface area (Å²) in [6.45, 7) is 4.17. The topological polar surface area (TPSA) is 87.7 Å². The molecule has 0 atom stereocenters. The minimum Gasteiger partial charge on any atom is -0.507 e. The molecule has 126 valence electrons. The number of likely N-dealkylation sites (N-methyl/N-ethyl adjacent to an activating group) is 1. The molecule has 0 aliphatic heterocycles. The lowest BCUT2D eigenvalue weighted by atomic mass is 10.1. The van der Waals surface area contributed by atoms with Gasteiger partial charge in [-0.2, -0.15) is 0 Å². The van der Waals surface area contributed by atoms with Crippen LogP contribution >= 0.6 is 0 Å². The summed E-state index contributed by atoms with van der Waals surface area (Å²) in [7, 11) is 0. The molecule has 2 aromatic rings. The summed E-state index contributed by atoms with van der Waals surface area (Å²) in [5.74, 6) is -0.130. The van der Waals surface area contributed by atoms with Gasteiger partial charge in [-0.3, -0.25) is 9.59 Å². The number of carbonyl (C=O) groups is 2. The standard InChI is InChI=1S/C18H20N2O4/c1-3-19-17(22)11-24-14-7-5-13(6-8-14)20-18(23)15-10-12(2)4-9-16(15)21/h4-10,21H,3,11H2,1-2H3,(H,19,22)(H,20,23). The SMILES string of the molecule is CCNC(=O)COc1ccc(NC(=O)c2cc(C)ccc2O)cc1. The highest BCUT2D eigenvalue weighted by Crippen LogP contribution is 2.21. The molecule has 2 amide bonds. The van der Waals surface area contributed by atoms with Gasteiger partial charge in [-0.25, -0.2) is 0 Å². The number of benzene rings is 2. The van der Waals surface area contributed by atoms with Crippen molar-refractivity contribution in [2.45, 2.75) is 13.8 Å². The lowest BCUT2D eigenvalue weighted by Gasteiger charge is -2.09. The summed E-state index contributed by atoms with van der Waals surface area (Å²) in [4.78, 5) is 23.5. The summed E-state index contributed by atoms with van der Waals surface area (Å²) in [5, 5.41) is 15.1. The Bertz CT molecular complexity index is 726. The summed E-state index contributed by atoms with van der Waals surface area (Å²) in [6.07, 6.45) is 0. The average molecular weight is 328 g/mol. The number of aromatic hydroxyl groups is 1. The van der Waals surface area contributed by atoms with E-state index in [1.54, 1.807) is 36.4 Å². The number of rotatable bonds is 6. The molecule has 0 aliphatic carbocycles.